The highest BCUT2D eigenvalue weighted by molar-refractivity contribution is 6.05. The Hall–Kier alpha value is -1.10. The maximum atomic E-state index is 8.62. The molecule has 0 fully saturated rings. The zero-order valence-electron chi connectivity index (χ0n) is 5.73. The Labute approximate surface area is 66.9 Å². The van der Waals surface area contributed by atoms with Crippen LogP contribution in [0.15, 0.2) is 18.9 Å². The average molecular weight is 161 g/mol. The van der Waals surface area contributed by atoms with Crippen LogP contribution < -0.4 is 0 Å². The molecule has 0 aliphatic carbocycles. The first kappa shape index (κ1) is 23.1. The predicted molar refractivity (Wildman–Crippen MR) is 50.8 cm³/mol. The molecule has 0 radical (unpaired) electrons. The average Bonchev–Trinajstić information content (AvgIpc) is 1.94. The fourth-order valence-electron chi connectivity index (χ4n) is 0. The summed E-state index contributed by atoms with van der Waals surface area (Å²) in [6, 6.07) is 0. The predicted octanol–water partition coefficient (Wildman–Crippen LogP) is 0.445. The van der Waals surface area contributed by atoms with Crippen molar-refractivity contribution >= 4 is 22.1 Å². The summed E-state index contributed by atoms with van der Waals surface area (Å²) in [7, 11) is 1.31. The Morgan fingerprint density at radius 3 is 1.30 bits per heavy atom. The minimum atomic E-state index is 0. The summed E-state index contributed by atoms with van der Waals surface area (Å²) in [5.74, 6) is 1.75. The lowest BCUT2D eigenvalue weighted by Crippen LogP contribution is -1.38. The van der Waals surface area contributed by atoms with E-state index >= 15 is 0 Å². The second kappa shape index (κ2) is 104. The molecule has 0 spiro atoms. The Bertz CT molecular complexity index is 119. The molecule has 0 atom stereocenters. The molecule has 0 rings (SSSR count). The normalized spacial score (nSPS) is 2.90. The van der Waals surface area contributed by atoms with Crippen molar-refractivity contribution < 1.29 is 11.0 Å². The maximum Gasteiger partial charge on any atom is 0.221 e. The van der Waals surface area contributed by atoms with Crippen LogP contribution in [0.1, 0.15) is 8.85 Å². The standard InChI is InChI=1S/C3H4.C2O2.CH6Si.CH4.H2/c1-3-2;3-1-2-4;1-2;;/h1-2H2;;1-2H3;1H4;1H/i;;;;1+1. The molecule has 0 N–H and O–H groups in total. The topological polar surface area (TPSA) is 34.1 Å². The molecular weight excluding hydrogens is 144 g/mol. The van der Waals surface area contributed by atoms with Crippen molar-refractivity contribution in [2.75, 3.05) is 0 Å². The van der Waals surface area contributed by atoms with Crippen LogP contribution in [0.25, 0.3) is 0 Å². The summed E-state index contributed by atoms with van der Waals surface area (Å²) in [6.07, 6.45) is 0. The van der Waals surface area contributed by atoms with Crippen LogP contribution in [0.4, 0.5) is 0 Å². The van der Waals surface area contributed by atoms with Crippen molar-refractivity contribution in [1.82, 2.24) is 0 Å². The van der Waals surface area contributed by atoms with Gasteiger partial charge in [0.2, 0.25) is 11.9 Å². The van der Waals surface area contributed by atoms with Crippen LogP contribution in [0.2, 0.25) is 6.55 Å². The fraction of sp³-hybridized carbons (Fsp3) is 0.286. The van der Waals surface area contributed by atoms with Gasteiger partial charge in [-0.3, -0.25) is 0 Å². The van der Waals surface area contributed by atoms with E-state index in [1.807, 2.05) is 0 Å². The minimum absolute atomic E-state index is 0. The molecule has 0 aromatic rings. The molecule has 10 heavy (non-hydrogen) atoms. The van der Waals surface area contributed by atoms with Gasteiger partial charge in [0.1, 0.15) is 0 Å². The van der Waals surface area contributed by atoms with Crippen LogP contribution >= 0.6 is 0 Å². The molecule has 0 amide bonds. The maximum absolute atomic E-state index is 8.62. The van der Waals surface area contributed by atoms with E-state index in [0.29, 0.717) is 0 Å². The number of carbonyl (C=O) groups excluding carboxylic acids is 2. The molecule has 0 aliphatic heterocycles. The van der Waals surface area contributed by atoms with Gasteiger partial charge < -0.3 is 0 Å². The lowest BCUT2D eigenvalue weighted by molar-refractivity contribution is 0.552. The lowest BCUT2D eigenvalue weighted by Gasteiger charge is -1.10. The van der Waals surface area contributed by atoms with Gasteiger partial charge >= 0.3 is 0 Å². The molecule has 0 aromatic heterocycles. The highest BCUT2D eigenvalue weighted by Gasteiger charge is 1.27. The first-order chi connectivity index (χ1) is 4.33. The summed E-state index contributed by atoms with van der Waals surface area (Å²) in [5.41, 5.74) is 2.25. The van der Waals surface area contributed by atoms with E-state index in [4.69, 9.17) is 9.59 Å². The molecule has 0 aliphatic rings. The van der Waals surface area contributed by atoms with Crippen molar-refractivity contribution in [3.63, 3.8) is 0 Å². The molecule has 2 nitrogen and oxygen atoms in total. The Morgan fingerprint density at radius 1 is 1.20 bits per heavy atom. The van der Waals surface area contributed by atoms with Gasteiger partial charge in [0.05, 0.1) is 0 Å². The second-order valence-electron chi connectivity index (χ2n) is 0.454. The van der Waals surface area contributed by atoms with Gasteiger partial charge in [-0.1, -0.05) is 27.1 Å². The monoisotopic (exact) mass is 161 g/mol. The zero-order chi connectivity index (χ0) is 8.12. The van der Waals surface area contributed by atoms with Gasteiger partial charge in [-0.2, -0.15) is 0 Å². The molecule has 0 unspecified atom stereocenters. The number of rotatable bonds is 0. The smallest absolute Gasteiger partial charge is 0.221 e. The van der Waals surface area contributed by atoms with Gasteiger partial charge in [-0.25, -0.2) is 9.59 Å². The minimum Gasteiger partial charge on any atom is -0.221 e. The van der Waals surface area contributed by atoms with Crippen molar-refractivity contribution in [3.8, 4) is 0 Å². The second-order valence-corrected chi connectivity index (χ2v) is 0.454. The number of hydrogen-bond donors (Lipinski definition) is 0. The van der Waals surface area contributed by atoms with Gasteiger partial charge in [0.25, 0.3) is 0 Å². The Morgan fingerprint density at radius 2 is 1.30 bits per heavy atom. The van der Waals surface area contributed by atoms with Crippen LogP contribution in [0.3, 0.4) is 0 Å². The van der Waals surface area contributed by atoms with E-state index in [9.17, 15) is 0 Å². The van der Waals surface area contributed by atoms with Crippen molar-refractivity contribution in [3.05, 3.63) is 18.9 Å². The Balaban J connectivity index is -0.0000000158. The van der Waals surface area contributed by atoms with Crippen LogP contribution in [0.5, 0.6) is 0 Å². The third-order valence-electron chi connectivity index (χ3n) is 0.0417. The van der Waals surface area contributed by atoms with Gasteiger partial charge in [-0.15, -0.1) is 5.73 Å². The lowest BCUT2D eigenvalue weighted by atomic mass is 11.0. The van der Waals surface area contributed by atoms with Crippen LogP contribution in [0, 0.1) is 0 Å². The van der Waals surface area contributed by atoms with E-state index in [2.05, 4.69) is 25.4 Å². The molecular formula is C7H16O2Si. The number of hydrogen-bond acceptors (Lipinski definition) is 2. The quantitative estimate of drug-likeness (QED) is 0.293. The van der Waals surface area contributed by atoms with E-state index < -0.39 is 0 Å². The van der Waals surface area contributed by atoms with E-state index in [0.717, 1.165) is 11.9 Å². The highest BCUT2D eigenvalue weighted by Crippen LogP contribution is 1.16. The molecule has 3 heteroatoms. The first-order valence-electron chi connectivity index (χ1n) is 2.37. The summed E-state index contributed by atoms with van der Waals surface area (Å²) < 4.78 is 0. The van der Waals surface area contributed by atoms with Crippen molar-refractivity contribution in [1.29, 1.82) is 0 Å². The molecule has 0 saturated heterocycles. The molecule has 60 valence electrons. The van der Waals surface area contributed by atoms with Gasteiger partial charge in [-0.05, 0) is 10.2 Å². The van der Waals surface area contributed by atoms with Crippen LogP contribution in [-0.2, 0) is 9.59 Å². The van der Waals surface area contributed by atoms with Crippen molar-refractivity contribution in [2.24, 2.45) is 0 Å². The highest BCUT2D eigenvalue weighted by atomic mass is 28.1. The van der Waals surface area contributed by atoms with Crippen molar-refractivity contribution in [2.45, 2.75) is 14.0 Å². The first-order valence-corrected chi connectivity index (χ1v) is 4.37. The van der Waals surface area contributed by atoms with E-state index in [1.165, 1.54) is 10.2 Å². The van der Waals surface area contributed by atoms with Crippen LogP contribution in [-0.4, -0.2) is 22.1 Å². The van der Waals surface area contributed by atoms with E-state index in [-0.39, 0.29) is 8.85 Å². The largest absolute Gasteiger partial charge is 0.221 e. The van der Waals surface area contributed by atoms with Gasteiger partial charge in [0.15, 0.2) is 0 Å². The zero-order valence-corrected chi connectivity index (χ0v) is 7.73. The molecule has 0 aromatic carbocycles. The summed E-state index contributed by atoms with van der Waals surface area (Å²) in [4.78, 5) is 17.2. The summed E-state index contributed by atoms with van der Waals surface area (Å²) in [6.45, 7) is 8.39. The molecule has 0 bridgehead atoms. The summed E-state index contributed by atoms with van der Waals surface area (Å²) in [5, 5.41) is 0. The van der Waals surface area contributed by atoms with E-state index in [1.54, 1.807) is 0 Å². The molecule has 0 heterocycles. The third-order valence-corrected chi connectivity index (χ3v) is 0.0417. The van der Waals surface area contributed by atoms with Gasteiger partial charge in [0, 0.05) is 1.43 Å². The fourth-order valence-corrected chi connectivity index (χ4v) is 0. The summed E-state index contributed by atoms with van der Waals surface area (Å²) >= 11 is 0. The third kappa shape index (κ3) is 22600. The SMILES string of the molecule is C.C=C=C.C[SiH3].O=C=C=O.[2HH]. The Kier molecular flexibility index (Phi) is 242. The molecule has 0 saturated carbocycles.